The van der Waals surface area contributed by atoms with Crippen LogP contribution in [0.4, 0.5) is 5.69 Å². The molecule has 0 aliphatic heterocycles. The van der Waals surface area contributed by atoms with Crippen molar-refractivity contribution in [2.24, 2.45) is 0 Å². The summed E-state index contributed by atoms with van der Waals surface area (Å²) in [5, 5.41) is 10.3. The van der Waals surface area contributed by atoms with Crippen molar-refractivity contribution in [3.05, 3.63) is 53.2 Å². The van der Waals surface area contributed by atoms with Crippen LogP contribution in [0.15, 0.2) is 35.1 Å². The molecule has 2 N–H and O–H groups in total. The lowest BCUT2D eigenvalue weighted by molar-refractivity contribution is 0.101. The number of benzene rings is 1. The van der Waals surface area contributed by atoms with Gasteiger partial charge < -0.3 is 14.7 Å². The quantitative estimate of drug-likeness (QED) is 0.694. The van der Waals surface area contributed by atoms with E-state index in [-0.39, 0.29) is 11.7 Å². The number of hydrogen-bond donors (Lipinski definition) is 2. The molecule has 0 aliphatic carbocycles. The molecule has 128 valence electrons. The van der Waals surface area contributed by atoms with Crippen molar-refractivity contribution in [2.45, 2.75) is 27.2 Å². The minimum Gasteiger partial charge on any atom is -0.423 e. The smallest absolute Gasteiger partial charge is 0.272 e. The second kappa shape index (κ2) is 6.72. The molecule has 0 fully saturated rings. The maximum Gasteiger partial charge on any atom is 0.272 e. The van der Waals surface area contributed by atoms with Gasteiger partial charge in [0.1, 0.15) is 5.69 Å². The molecule has 0 spiro atoms. The lowest BCUT2D eigenvalue weighted by Crippen LogP contribution is -2.14. The van der Waals surface area contributed by atoms with E-state index in [0.29, 0.717) is 40.5 Å². The summed E-state index contributed by atoms with van der Waals surface area (Å²) in [4.78, 5) is 27.5. The SMILES string of the molecule is CCc1c(C(=O)Nc2cccc(-c3nnco3)c2)[nH]c(C)c1C(C)=O. The number of nitrogens with zero attached hydrogens (tertiary/aromatic N) is 2. The van der Waals surface area contributed by atoms with E-state index < -0.39 is 0 Å². The number of anilines is 1. The van der Waals surface area contributed by atoms with Crippen LogP contribution >= 0.6 is 0 Å². The molecule has 3 rings (SSSR count). The summed E-state index contributed by atoms with van der Waals surface area (Å²) in [6.45, 7) is 5.22. The van der Waals surface area contributed by atoms with Gasteiger partial charge in [-0.05, 0) is 44.0 Å². The van der Waals surface area contributed by atoms with E-state index >= 15 is 0 Å². The molecule has 1 aromatic carbocycles. The van der Waals surface area contributed by atoms with Crippen molar-refractivity contribution in [1.29, 1.82) is 0 Å². The minimum atomic E-state index is -0.296. The van der Waals surface area contributed by atoms with E-state index in [2.05, 4.69) is 20.5 Å². The van der Waals surface area contributed by atoms with Gasteiger partial charge in [0, 0.05) is 22.5 Å². The number of carbonyl (C=O) groups is 2. The third-order valence-electron chi connectivity index (χ3n) is 3.95. The first-order chi connectivity index (χ1) is 12.0. The third kappa shape index (κ3) is 3.21. The van der Waals surface area contributed by atoms with Crippen molar-refractivity contribution in [1.82, 2.24) is 15.2 Å². The van der Waals surface area contributed by atoms with Gasteiger partial charge in [-0.1, -0.05) is 13.0 Å². The van der Waals surface area contributed by atoms with Crippen LogP contribution in [0.2, 0.25) is 0 Å². The fraction of sp³-hybridized carbons (Fsp3) is 0.222. The van der Waals surface area contributed by atoms with Gasteiger partial charge in [-0.3, -0.25) is 9.59 Å². The third-order valence-corrected chi connectivity index (χ3v) is 3.95. The maximum absolute atomic E-state index is 12.7. The van der Waals surface area contributed by atoms with E-state index in [1.807, 2.05) is 13.0 Å². The summed E-state index contributed by atoms with van der Waals surface area (Å²) < 4.78 is 5.17. The highest BCUT2D eigenvalue weighted by Crippen LogP contribution is 2.23. The van der Waals surface area contributed by atoms with Gasteiger partial charge in [-0.15, -0.1) is 10.2 Å². The van der Waals surface area contributed by atoms with E-state index in [4.69, 9.17) is 4.42 Å². The zero-order valence-electron chi connectivity index (χ0n) is 14.2. The fourth-order valence-electron chi connectivity index (χ4n) is 2.92. The van der Waals surface area contributed by atoms with E-state index in [1.165, 1.54) is 13.3 Å². The molecule has 0 radical (unpaired) electrons. The zero-order valence-corrected chi connectivity index (χ0v) is 14.2. The Hall–Kier alpha value is -3.22. The Morgan fingerprint density at radius 3 is 2.76 bits per heavy atom. The fourth-order valence-corrected chi connectivity index (χ4v) is 2.92. The van der Waals surface area contributed by atoms with Crippen LogP contribution in [-0.4, -0.2) is 26.9 Å². The van der Waals surface area contributed by atoms with Crippen LogP contribution in [0, 0.1) is 6.92 Å². The molecule has 0 bridgehead atoms. The first kappa shape index (κ1) is 16.6. The van der Waals surface area contributed by atoms with Crippen molar-refractivity contribution >= 4 is 17.4 Å². The Labute approximate surface area is 144 Å². The second-order valence-electron chi connectivity index (χ2n) is 5.67. The maximum atomic E-state index is 12.7. The van der Waals surface area contributed by atoms with Crippen LogP contribution in [0.25, 0.3) is 11.5 Å². The first-order valence-electron chi connectivity index (χ1n) is 7.91. The van der Waals surface area contributed by atoms with Gasteiger partial charge in [0.05, 0.1) is 0 Å². The average molecular weight is 338 g/mol. The summed E-state index contributed by atoms with van der Waals surface area (Å²) in [7, 11) is 0. The molecule has 0 aliphatic rings. The Morgan fingerprint density at radius 2 is 2.12 bits per heavy atom. The highest BCUT2D eigenvalue weighted by Gasteiger charge is 2.21. The van der Waals surface area contributed by atoms with Crippen molar-refractivity contribution in [3.8, 4) is 11.5 Å². The number of H-pyrrole nitrogens is 1. The summed E-state index contributed by atoms with van der Waals surface area (Å²) in [6.07, 6.45) is 1.84. The summed E-state index contributed by atoms with van der Waals surface area (Å²) in [5.74, 6) is 0.0260. The highest BCUT2D eigenvalue weighted by atomic mass is 16.4. The summed E-state index contributed by atoms with van der Waals surface area (Å²) in [5.41, 5.74) is 3.74. The number of rotatable bonds is 5. The van der Waals surface area contributed by atoms with Crippen LogP contribution in [-0.2, 0) is 6.42 Å². The predicted octanol–water partition coefficient (Wildman–Crippen LogP) is 3.39. The normalized spacial score (nSPS) is 10.7. The molecule has 7 nitrogen and oxygen atoms in total. The number of aromatic amines is 1. The van der Waals surface area contributed by atoms with Gasteiger partial charge in [0.25, 0.3) is 5.91 Å². The largest absolute Gasteiger partial charge is 0.423 e. The van der Waals surface area contributed by atoms with Gasteiger partial charge in [-0.25, -0.2) is 0 Å². The summed E-state index contributed by atoms with van der Waals surface area (Å²) >= 11 is 0. The molecule has 0 unspecified atom stereocenters. The van der Waals surface area contributed by atoms with Crippen LogP contribution < -0.4 is 5.32 Å². The van der Waals surface area contributed by atoms with E-state index in [1.54, 1.807) is 25.1 Å². The molecule has 2 aromatic heterocycles. The number of nitrogens with one attached hydrogen (secondary N) is 2. The average Bonchev–Trinajstić information content (AvgIpc) is 3.22. The standard InChI is InChI=1S/C18H18N4O3/c1-4-14-15(11(3)23)10(2)20-16(14)17(24)21-13-7-5-6-12(8-13)18-22-19-9-25-18/h5-9,20H,4H2,1-3H3,(H,21,24). The molecule has 1 amide bonds. The van der Waals surface area contributed by atoms with E-state index in [0.717, 1.165) is 5.56 Å². The molecule has 0 atom stereocenters. The van der Waals surface area contributed by atoms with Crippen LogP contribution in [0.3, 0.4) is 0 Å². The van der Waals surface area contributed by atoms with Crippen LogP contribution in [0.1, 0.15) is 46.0 Å². The predicted molar refractivity (Wildman–Crippen MR) is 92.6 cm³/mol. The second-order valence-corrected chi connectivity index (χ2v) is 5.67. The van der Waals surface area contributed by atoms with Gasteiger partial charge in [0.15, 0.2) is 5.78 Å². The van der Waals surface area contributed by atoms with E-state index in [9.17, 15) is 9.59 Å². The Morgan fingerprint density at radius 1 is 1.32 bits per heavy atom. The lowest BCUT2D eigenvalue weighted by Gasteiger charge is -2.07. The Bertz CT molecular complexity index is 926. The van der Waals surface area contributed by atoms with Crippen molar-refractivity contribution < 1.29 is 14.0 Å². The Kier molecular flexibility index (Phi) is 4.47. The zero-order chi connectivity index (χ0) is 18.0. The number of aryl methyl sites for hydroxylation is 1. The number of ketones is 1. The first-order valence-corrected chi connectivity index (χ1v) is 7.91. The molecule has 25 heavy (non-hydrogen) atoms. The molecule has 0 saturated carbocycles. The summed E-state index contributed by atoms with van der Waals surface area (Å²) in [6, 6.07) is 7.12. The highest BCUT2D eigenvalue weighted by molar-refractivity contribution is 6.07. The molecule has 7 heteroatoms. The minimum absolute atomic E-state index is 0.0527. The molecule has 3 aromatic rings. The molecule has 0 saturated heterocycles. The monoisotopic (exact) mass is 338 g/mol. The van der Waals surface area contributed by atoms with Gasteiger partial charge in [-0.2, -0.15) is 0 Å². The lowest BCUT2D eigenvalue weighted by atomic mass is 10.0. The number of Topliss-reactive ketones (excluding diaryl/α,β-unsaturated/α-hetero) is 1. The Balaban J connectivity index is 1.90. The van der Waals surface area contributed by atoms with Crippen molar-refractivity contribution in [3.63, 3.8) is 0 Å². The van der Waals surface area contributed by atoms with Crippen LogP contribution in [0.5, 0.6) is 0 Å². The molecular formula is C18H18N4O3. The number of aromatic nitrogens is 3. The molecular weight excluding hydrogens is 320 g/mol. The van der Waals surface area contributed by atoms with Gasteiger partial charge in [0.2, 0.25) is 12.3 Å². The topological polar surface area (TPSA) is 101 Å². The number of carbonyl (C=O) groups excluding carboxylic acids is 2. The van der Waals surface area contributed by atoms with Crippen molar-refractivity contribution in [2.75, 3.05) is 5.32 Å². The number of hydrogen-bond acceptors (Lipinski definition) is 5. The molecule has 2 heterocycles. The number of amides is 1. The van der Waals surface area contributed by atoms with Gasteiger partial charge >= 0.3 is 0 Å².